The molecular weight excluding hydrogens is 502 g/mol. The van der Waals surface area contributed by atoms with Gasteiger partial charge in [0.1, 0.15) is 0 Å². The van der Waals surface area contributed by atoms with Gasteiger partial charge in [0.05, 0.1) is 31.0 Å². The number of ether oxygens (including phenoxy) is 3. The van der Waals surface area contributed by atoms with Crippen LogP contribution in [0.25, 0.3) is 0 Å². The Morgan fingerprint density at radius 2 is 1.41 bits per heavy atom. The van der Waals surface area contributed by atoms with E-state index < -0.39 is 0 Å². The summed E-state index contributed by atoms with van der Waals surface area (Å²) in [5.74, 6) is -0.940. The van der Waals surface area contributed by atoms with Gasteiger partial charge in [-0.2, -0.15) is 0 Å². The first-order valence-corrected chi connectivity index (χ1v) is 14.4. The number of nitrogens with one attached hydrogen (secondary N) is 2. The summed E-state index contributed by atoms with van der Waals surface area (Å²) in [5, 5.41) is 5.89. The van der Waals surface area contributed by atoms with Gasteiger partial charge in [-0.25, -0.2) is 0 Å². The van der Waals surface area contributed by atoms with Crippen LogP contribution in [0, 0.1) is 0 Å². The van der Waals surface area contributed by atoms with E-state index in [0.29, 0.717) is 58.3 Å². The fourth-order valence-electron chi connectivity index (χ4n) is 4.50. The Labute approximate surface area is 233 Å². The van der Waals surface area contributed by atoms with Crippen LogP contribution in [0.2, 0.25) is 0 Å². The molecule has 1 saturated carbocycles. The van der Waals surface area contributed by atoms with Crippen molar-refractivity contribution in [2.45, 2.75) is 109 Å². The van der Waals surface area contributed by atoms with Crippen molar-refractivity contribution in [2.24, 2.45) is 0 Å². The number of imide groups is 1. The molecule has 2 N–H and O–H groups in total. The van der Waals surface area contributed by atoms with Crippen LogP contribution < -0.4 is 10.6 Å². The van der Waals surface area contributed by atoms with E-state index in [2.05, 4.69) is 10.6 Å². The van der Waals surface area contributed by atoms with Gasteiger partial charge in [0.15, 0.2) is 0 Å². The Morgan fingerprint density at radius 1 is 0.821 bits per heavy atom. The lowest BCUT2D eigenvalue weighted by Crippen LogP contribution is -2.36. The number of carbonyl (C=O) groups excluding carboxylic acids is 4. The van der Waals surface area contributed by atoms with Crippen molar-refractivity contribution in [3.05, 3.63) is 12.2 Å². The lowest BCUT2D eigenvalue weighted by Gasteiger charge is -2.30. The van der Waals surface area contributed by atoms with Gasteiger partial charge >= 0.3 is 0 Å². The van der Waals surface area contributed by atoms with E-state index in [-0.39, 0.29) is 47.8 Å². The maximum absolute atomic E-state index is 12.3. The lowest BCUT2D eigenvalue weighted by atomic mass is 10.0. The molecule has 2 aliphatic rings. The largest absolute Gasteiger partial charge is 0.380 e. The molecule has 0 bridgehead atoms. The van der Waals surface area contributed by atoms with Crippen LogP contribution in [-0.2, 0) is 33.4 Å². The van der Waals surface area contributed by atoms with Gasteiger partial charge in [0.25, 0.3) is 11.8 Å². The molecule has 0 saturated heterocycles. The van der Waals surface area contributed by atoms with Gasteiger partial charge in [-0.1, -0.05) is 25.7 Å². The Hall–Kier alpha value is -2.30. The zero-order valence-corrected chi connectivity index (χ0v) is 24.4. The maximum atomic E-state index is 12.3. The average Bonchev–Trinajstić information content (AvgIpc) is 3.02. The van der Waals surface area contributed by atoms with Gasteiger partial charge in [-0.3, -0.25) is 24.1 Å². The first-order valence-electron chi connectivity index (χ1n) is 14.4. The highest BCUT2D eigenvalue weighted by molar-refractivity contribution is 6.13. The molecule has 2 rings (SSSR count). The van der Waals surface area contributed by atoms with E-state index in [9.17, 15) is 19.2 Å². The minimum absolute atomic E-state index is 0.0632. The fourth-order valence-corrected chi connectivity index (χ4v) is 4.50. The Kier molecular flexibility index (Phi) is 14.1. The summed E-state index contributed by atoms with van der Waals surface area (Å²) >= 11 is 0. The smallest absolute Gasteiger partial charge is 0.253 e. The summed E-state index contributed by atoms with van der Waals surface area (Å²) in [7, 11) is 0. The minimum Gasteiger partial charge on any atom is -0.380 e. The average molecular weight is 552 g/mol. The molecule has 0 aromatic carbocycles. The molecule has 0 spiro atoms. The number of amides is 4. The number of nitrogens with zero attached hydrogens (tertiary/aromatic N) is 1. The van der Waals surface area contributed by atoms with Crippen molar-refractivity contribution in [2.75, 3.05) is 39.5 Å². The van der Waals surface area contributed by atoms with E-state index in [1.807, 2.05) is 27.7 Å². The second-order valence-electron chi connectivity index (χ2n) is 11.6. The summed E-state index contributed by atoms with van der Waals surface area (Å²) in [6, 6.07) is 0.315. The van der Waals surface area contributed by atoms with Crippen LogP contribution in [0.4, 0.5) is 0 Å². The highest BCUT2D eigenvalue weighted by atomic mass is 16.5. The molecule has 222 valence electrons. The number of hydrogen-bond donors (Lipinski definition) is 2. The molecule has 4 amide bonds. The first-order chi connectivity index (χ1) is 18.5. The fraction of sp³-hybridized carbons (Fsp3) is 0.793. The molecular formula is C29H49N3O7. The second-order valence-corrected chi connectivity index (χ2v) is 11.6. The molecule has 0 aromatic rings. The molecule has 10 nitrogen and oxygen atoms in total. The van der Waals surface area contributed by atoms with Crippen LogP contribution in [0.15, 0.2) is 12.2 Å². The van der Waals surface area contributed by atoms with Crippen molar-refractivity contribution in [1.82, 2.24) is 15.5 Å². The second kappa shape index (κ2) is 16.7. The van der Waals surface area contributed by atoms with Gasteiger partial charge in [0, 0.05) is 50.7 Å². The van der Waals surface area contributed by atoms with Crippen molar-refractivity contribution in [3.8, 4) is 0 Å². The molecule has 0 unspecified atom stereocenters. The molecule has 1 aliphatic carbocycles. The van der Waals surface area contributed by atoms with Gasteiger partial charge in [-0.05, 0) is 53.4 Å². The lowest BCUT2D eigenvalue weighted by molar-refractivity contribution is -0.137. The normalized spacial score (nSPS) is 17.0. The van der Waals surface area contributed by atoms with E-state index >= 15 is 0 Å². The third-order valence-electron chi connectivity index (χ3n) is 7.12. The van der Waals surface area contributed by atoms with E-state index in [4.69, 9.17) is 14.2 Å². The van der Waals surface area contributed by atoms with Crippen molar-refractivity contribution in [3.63, 3.8) is 0 Å². The molecule has 0 radical (unpaired) electrons. The molecule has 1 aliphatic heterocycles. The zero-order chi connectivity index (χ0) is 28.7. The number of rotatable bonds is 18. The summed E-state index contributed by atoms with van der Waals surface area (Å²) in [4.78, 5) is 48.2. The van der Waals surface area contributed by atoms with Gasteiger partial charge in [-0.15, -0.1) is 0 Å². The molecule has 1 heterocycles. The van der Waals surface area contributed by atoms with Crippen molar-refractivity contribution >= 4 is 23.6 Å². The third-order valence-corrected chi connectivity index (χ3v) is 7.12. The molecule has 1 fully saturated rings. The SMILES string of the molecule is CC(C)(CCOCCNC(=O)CCN1C(=O)C=CC1=O)OCCC(C)(C)OCCC(=O)NC1CCCCCC1. The first kappa shape index (κ1) is 32.9. The Balaban J connectivity index is 1.48. The Bertz CT molecular complexity index is 815. The monoisotopic (exact) mass is 551 g/mol. The van der Waals surface area contributed by atoms with Crippen molar-refractivity contribution in [1.29, 1.82) is 0 Å². The van der Waals surface area contributed by atoms with Crippen LogP contribution >= 0.6 is 0 Å². The standard InChI is InChI=1S/C29H49N3O7/c1-28(2,15-20-37-22-17-30-24(33)13-18-32-26(35)11-12-27(32)36)39-21-16-29(3,4)38-19-14-25(34)31-23-9-7-5-6-8-10-23/h11-12,23H,5-10,13-22H2,1-4H3,(H,30,33)(H,31,34). The number of hydrogen-bond acceptors (Lipinski definition) is 7. The zero-order valence-electron chi connectivity index (χ0n) is 24.4. The van der Waals surface area contributed by atoms with Crippen LogP contribution in [0.1, 0.15) is 91.9 Å². The van der Waals surface area contributed by atoms with Gasteiger partial charge < -0.3 is 24.8 Å². The topological polar surface area (TPSA) is 123 Å². The van der Waals surface area contributed by atoms with Crippen LogP contribution in [0.5, 0.6) is 0 Å². The van der Waals surface area contributed by atoms with Crippen LogP contribution in [0.3, 0.4) is 0 Å². The minimum atomic E-state index is -0.390. The van der Waals surface area contributed by atoms with Gasteiger partial charge in [0.2, 0.25) is 11.8 Å². The molecule has 10 heteroatoms. The summed E-state index contributed by atoms with van der Waals surface area (Å²) < 4.78 is 17.7. The van der Waals surface area contributed by atoms with E-state index in [1.165, 1.54) is 37.8 Å². The Morgan fingerprint density at radius 3 is 2.05 bits per heavy atom. The third kappa shape index (κ3) is 14.1. The number of carbonyl (C=O) groups is 4. The van der Waals surface area contributed by atoms with E-state index in [0.717, 1.165) is 17.7 Å². The quantitative estimate of drug-likeness (QED) is 0.152. The maximum Gasteiger partial charge on any atom is 0.253 e. The molecule has 0 atom stereocenters. The predicted molar refractivity (Wildman–Crippen MR) is 148 cm³/mol. The summed E-state index contributed by atoms with van der Waals surface area (Å²) in [6.45, 7) is 10.3. The highest BCUT2D eigenvalue weighted by Crippen LogP contribution is 2.20. The molecule has 39 heavy (non-hydrogen) atoms. The molecule has 0 aromatic heterocycles. The highest BCUT2D eigenvalue weighted by Gasteiger charge is 2.24. The van der Waals surface area contributed by atoms with E-state index in [1.54, 1.807) is 0 Å². The summed E-state index contributed by atoms with van der Waals surface area (Å²) in [6.07, 6.45) is 11.3. The summed E-state index contributed by atoms with van der Waals surface area (Å²) in [5.41, 5.74) is -0.764. The van der Waals surface area contributed by atoms with Crippen molar-refractivity contribution < 1.29 is 33.4 Å². The van der Waals surface area contributed by atoms with Crippen LogP contribution in [-0.4, -0.2) is 85.3 Å². The predicted octanol–water partition coefficient (Wildman–Crippen LogP) is 3.03.